The standard InChI is InChI=1S/C23H34N6O/c1-2-24-23(25-13-9-15-28-14-8-4-7-12-22(28)30)26-16-21-17-27-29(19-21)18-20-10-5-3-6-11-20/h3,5-6,10-11,17,19H,2,4,7-9,12-16,18H2,1H3,(H2,24,25,26). The topological polar surface area (TPSA) is 74.6 Å². The number of nitrogens with one attached hydrogen (secondary N) is 2. The third kappa shape index (κ3) is 7.21. The van der Waals surface area contributed by atoms with Gasteiger partial charge in [-0.1, -0.05) is 36.8 Å². The Morgan fingerprint density at radius 1 is 1.13 bits per heavy atom. The van der Waals surface area contributed by atoms with E-state index in [1.54, 1.807) is 0 Å². The van der Waals surface area contributed by atoms with E-state index in [2.05, 4.69) is 39.8 Å². The van der Waals surface area contributed by atoms with Crippen molar-refractivity contribution in [3.05, 3.63) is 53.9 Å². The van der Waals surface area contributed by atoms with Gasteiger partial charge in [-0.05, 0) is 31.7 Å². The second-order valence-electron chi connectivity index (χ2n) is 7.70. The van der Waals surface area contributed by atoms with Crippen LogP contribution in [0.1, 0.15) is 50.2 Å². The van der Waals surface area contributed by atoms with Crippen molar-refractivity contribution >= 4 is 11.9 Å². The summed E-state index contributed by atoms with van der Waals surface area (Å²) >= 11 is 0. The molecule has 1 saturated heterocycles. The molecule has 2 aromatic rings. The summed E-state index contributed by atoms with van der Waals surface area (Å²) in [4.78, 5) is 18.8. The van der Waals surface area contributed by atoms with E-state index in [-0.39, 0.29) is 0 Å². The Kier molecular flexibility index (Phi) is 8.75. The van der Waals surface area contributed by atoms with E-state index in [9.17, 15) is 4.79 Å². The molecule has 30 heavy (non-hydrogen) atoms. The Labute approximate surface area is 179 Å². The van der Waals surface area contributed by atoms with Crippen molar-refractivity contribution in [1.29, 1.82) is 0 Å². The summed E-state index contributed by atoms with van der Waals surface area (Å²) in [6, 6.07) is 10.3. The van der Waals surface area contributed by atoms with Crippen LogP contribution in [-0.2, 0) is 17.9 Å². The summed E-state index contributed by atoms with van der Waals surface area (Å²) in [5, 5.41) is 11.1. The van der Waals surface area contributed by atoms with Crippen LogP contribution < -0.4 is 10.6 Å². The first-order chi connectivity index (χ1) is 14.7. The average molecular weight is 411 g/mol. The number of benzene rings is 1. The van der Waals surface area contributed by atoms with Crippen LogP contribution in [0.5, 0.6) is 0 Å². The van der Waals surface area contributed by atoms with Crippen LogP contribution in [-0.4, -0.2) is 52.7 Å². The average Bonchev–Trinajstić information content (AvgIpc) is 3.10. The van der Waals surface area contributed by atoms with Gasteiger partial charge in [-0.15, -0.1) is 0 Å². The highest BCUT2D eigenvalue weighted by atomic mass is 16.2. The first-order valence-electron chi connectivity index (χ1n) is 11.1. The number of guanidine groups is 1. The molecule has 1 amide bonds. The summed E-state index contributed by atoms with van der Waals surface area (Å²) in [5.41, 5.74) is 2.31. The normalized spacial score (nSPS) is 15.2. The zero-order valence-corrected chi connectivity index (χ0v) is 18.0. The van der Waals surface area contributed by atoms with Gasteiger partial charge in [-0.25, -0.2) is 4.99 Å². The number of likely N-dealkylation sites (tertiary alicyclic amines) is 1. The van der Waals surface area contributed by atoms with Gasteiger partial charge in [-0.3, -0.25) is 9.48 Å². The first kappa shape index (κ1) is 21.9. The number of hydrogen-bond acceptors (Lipinski definition) is 3. The van der Waals surface area contributed by atoms with Crippen molar-refractivity contribution in [2.45, 2.75) is 52.1 Å². The lowest BCUT2D eigenvalue weighted by atomic mass is 10.2. The molecule has 0 unspecified atom stereocenters. The third-order valence-corrected chi connectivity index (χ3v) is 5.21. The molecule has 1 aliphatic heterocycles. The molecule has 7 nitrogen and oxygen atoms in total. The number of aromatic nitrogens is 2. The van der Waals surface area contributed by atoms with Crippen LogP contribution in [0.15, 0.2) is 47.7 Å². The van der Waals surface area contributed by atoms with Crippen molar-refractivity contribution in [3.8, 4) is 0 Å². The van der Waals surface area contributed by atoms with Gasteiger partial charge in [-0.2, -0.15) is 5.10 Å². The van der Waals surface area contributed by atoms with Gasteiger partial charge in [0.1, 0.15) is 0 Å². The Morgan fingerprint density at radius 2 is 2.00 bits per heavy atom. The zero-order chi connectivity index (χ0) is 21.0. The van der Waals surface area contributed by atoms with Crippen molar-refractivity contribution in [2.24, 2.45) is 4.99 Å². The van der Waals surface area contributed by atoms with E-state index in [0.717, 1.165) is 63.5 Å². The van der Waals surface area contributed by atoms with Crippen molar-refractivity contribution in [1.82, 2.24) is 25.3 Å². The van der Waals surface area contributed by atoms with Crippen molar-refractivity contribution < 1.29 is 4.79 Å². The maximum absolute atomic E-state index is 12.1. The number of aliphatic imine (C=N–C) groups is 1. The minimum Gasteiger partial charge on any atom is -0.357 e. The fourth-order valence-electron chi connectivity index (χ4n) is 3.61. The molecule has 0 aliphatic carbocycles. The summed E-state index contributed by atoms with van der Waals surface area (Å²) in [6.45, 7) is 6.72. The maximum atomic E-state index is 12.1. The second kappa shape index (κ2) is 12.0. The predicted molar refractivity (Wildman–Crippen MR) is 120 cm³/mol. The molecular formula is C23H34N6O. The number of rotatable bonds is 9. The van der Waals surface area contributed by atoms with Gasteiger partial charge in [0.15, 0.2) is 5.96 Å². The lowest BCUT2D eigenvalue weighted by molar-refractivity contribution is -0.130. The number of carbonyl (C=O) groups is 1. The number of carbonyl (C=O) groups excluding carboxylic acids is 1. The molecule has 0 bridgehead atoms. The van der Waals surface area contributed by atoms with E-state index < -0.39 is 0 Å². The number of hydrogen-bond donors (Lipinski definition) is 2. The molecule has 3 rings (SSSR count). The minimum absolute atomic E-state index is 0.306. The van der Waals surface area contributed by atoms with Crippen molar-refractivity contribution in [3.63, 3.8) is 0 Å². The highest BCUT2D eigenvalue weighted by Gasteiger charge is 2.15. The lowest BCUT2D eigenvalue weighted by Crippen LogP contribution is -2.39. The molecule has 0 saturated carbocycles. The van der Waals surface area contributed by atoms with E-state index in [4.69, 9.17) is 0 Å². The Balaban J connectivity index is 1.44. The highest BCUT2D eigenvalue weighted by Crippen LogP contribution is 2.11. The largest absolute Gasteiger partial charge is 0.357 e. The molecule has 162 valence electrons. The first-order valence-corrected chi connectivity index (χ1v) is 11.1. The maximum Gasteiger partial charge on any atom is 0.222 e. The second-order valence-corrected chi connectivity index (χ2v) is 7.70. The molecule has 1 fully saturated rings. The molecule has 0 spiro atoms. The number of nitrogens with zero attached hydrogens (tertiary/aromatic N) is 4. The highest BCUT2D eigenvalue weighted by molar-refractivity contribution is 5.79. The van der Waals surface area contributed by atoms with Crippen LogP contribution in [0, 0.1) is 0 Å². The number of amides is 1. The predicted octanol–water partition coefficient (Wildman–Crippen LogP) is 2.78. The Bertz CT molecular complexity index is 801. The summed E-state index contributed by atoms with van der Waals surface area (Å²) < 4.78 is 1.94. The summed E-state index contributed by atoms with van der Waals surface area (Å²) in [7, 11) is 0. The molecule has 1 aliphatic rings. The minimum atomic E-state index is 0.306. The Hall–Kier alpha value is -2.83. The van der Waals surface area contributed by atoms with Crippen LogP contribution in [0.3, 0.4) is 0 Å². The molecule has 2 heterocycles. The molecular weight excluding hydrogens is 376 g/mol. The summed E-state index contributed by atoms with van der Waals surface area (Å²) in [6.07, 6.45) is 8.88. The SMILES string of the molecule is CCNC(=NCc1cnn(Cc2ccccc2)c1)NCCCN1CCCCCC1=O. The summed E-state index contributed by atoms with van der Waals surface area (Å²) in [5.74, 6) is 1.11. The van der Waals surface area contributed by atoms with Crippen LogP contribution in [0.4, 0.5) is 0 Å². The van der Waals surface area contributed by atoms with Gasteiger partial charge >= 0.3 is 0 Å². The van der Waals surface area contributed by atoms with Crippen molar-refractivity contribution in [2.75, 3.05) is 26.2 Å². The Morgan fingerprint density at radius 3 is 2.83 bits per heavy atom. The van der Waals surface area contributed by atoms with Gasteiger partial charge in [0.05, 0.1) is 19.3 Å². The molecule has 7 heteroatoms. The lowest BCUT2D eigenvalue weighted by Gasteiger charge is -2.20. The zero-order valence-electron chi connectivity index (χ0n) is 18.0. The van der Waals surface area contributed by atoms with Crippen LogP contribution in [0.2, 0.25) is 0 Å². The molecule has 1 aromatic heterocycles. The van der Waals surface area contributed by atoms with E-state index >= 15 is 0 Å². The molecule has 0 atom stereocenters. The monoisotopic (exact) mass is 410 g/mol. The van der Waals surface area contributed by atoms with Crippen LogP contribution in [0.25, 0.3) is 0 Å². The molecule has 1 aromatic carbocycles. The van der Waals surface area contributed by atoms with E-state index in [1.165, 1.54) is 12.0 Å². The van der Waals surface area contributed by atoms with Gasteiger partial charge in [0.2, 0.25) is 5.91 Å². The fraction of sp³-hybridized carbons (Fsp3) is 0.522. The smallest absolute Gasteiger partial charge is 0.222 e. The quantitative estimate of drug-likeness (QED) is 0.379. The van der Waals surface area contributed by atoms with Crippen LogP contribution >= 0.6 is 0 Å². The van der Waals surface area contributed by atoms with Gasteiger partial charge < -0.3 is 15.5 Å². The van der Waals surface area contributed by atoms with E-state index in [0.29, 0.717) is 18.9 Å². The van der Waals surface area contributed by atoms with Gasteiger partial charge in [0.25, 0.3) is 0 Å². The van der Waals surface area contributed by atoms with Gasteiger partial charge in [0, 0.05) is 44.4 Å². The third-order valence-electron chi connectivity index (χ3n) is 5.21. The van der Waals surface area contributed by atoms with E-state index in [1.807, 2.05) is 40.2 Å². The fourth-order valence-corrected chi connectivity index (χ4v) is 3.61. The molecule has 0 radical (unpaired) electrons. The molecule has 2 N–H and O–H groups in total.